The molecule has 1 aromatic carbocycles. The van der Waals surface area contributed by atoms with Gasteiger partial charge in [0.1, 0.15) is 22.6 Å². The van der Waals surface area contributed by atoms with E-state index in [9.17, 15) is 4.79 Å². The first-order valence-corrected chi connectivity index (χ1v) is 13.4. The summed E-state index contributed by atoms with van der Waals surface area (Å²) in [5.74, 6) is 1.26. The minimum Gasteiger partial charge on any atom is -0.350 e. The van der Waals surface area contributed by atoms with Crippen LogP contribution in [0.4, 0.5) is 0 Å². The molecule has 1 N–H and O–H groups in total. The molecule has 4 aromatic rings. The van der Waals surface area contributed by atoms with E-state index < -0.39 is 6.04 Å². The fraction of sp³-hybridized carbons (Fsp3) is 0.346. The number of amides is 1. The number of aromatic nitrogens is 6. The molecule has 0 radical (unpaired) electrons. The van der Waals surface area contributed by atoms with Gasteiger partial charge in [0.05, 0.1) is 24.9 Å². The lowest BCUT2D eigenvalue weighted by atomic mass is 9.99. The molecule has 37 heavy (non-hydrogen) atoms. The van der Waals surface area contributed by atoms with Gasteiger partial charge < -0.3 is 12.2 Å². The van der Waals surface area contributed by atoms with Crippen molar-refractivity contribution in [2.24, 2.45) is 4.99 Å². The Morgan fingerprint density at radius 3 is 2.70 bits per heavy atom. The maximum absolute atomic E-state index is 13.1. The molecule has 3 aromatic heterocycles. The molecule has 0 unspecified atom stereocenters. The molecule has 0 aliphatic carbocycles. The van der Waals surface area contributed by atoms with Gasteiger partial charge in [-0.05, 0) is 38.5 Å². The van der Waals surface area contributed by atoms with Crippen LogP contribution in [0.3, 0.4) is 0 Å². The summed E-state index contributed by atoms with van der Waals surface area (Å²) in [4.78, 5) is 19.4. The largest absolute Gasteiger partial charge is 0.350 e. The maximum Gasteiger partial charge on any atom is 0.222 e. The van der Waals surface area contributed by atoms with Gasteiger partial charge in [-0.2, -0.15) is 6.42 Å². The van der Waals surface area contributed by atoms with E-state index in [0.29, 0.717) is 23.1 Å². The Kier molecular flexibility index (Phi) is 7.21. The first-order valence-electron chi connectivity index (χ1n) is 12.2. The minimum absolute atomic E-state index is 0.123. The highest BCUT2D eigenvalue weighted by atomic mass is 35.5. The third-order valence-corrected chi connectivity index (χ3v) is 7.87. The molecular formula is C26H28ClN8OS-. The van der Waals surface area contributed by atoms with Crippen molar-refractivity contribution in [2.45, 2.75) is 59.2 Å². The Hall–Kier alpha value is -3.37. The van der Waals surface area contributed by atoms with E-state index in [1.54, 1.807) is 16.0 Å². The van der Waals surface area contributed by atoms with Crippen LogP contribution in [0.2, 0.25) is 5.02 Å². The topological polar surface area (TPSA) is 103 Å². The predicted molar refractivity (Wildman–Crippen MR) is 144 cm³/mol. The molecule has 9 nitrogen and oxygen atoms in total. The molecule has 0 saturated carbocycles. The third-order valence-electron chi connectivity index (χ3n) is 6.43. The number of nitrogens with one attached hydrogen (secondary N) is 1. The van der Waals surface area contributed by atoms with Crippen molar-refractivity contribution in [2.75, 3.05) is 0 Å². The summed E-state index contributed by atoms with van der Waals surface area (Å²) in [6.45, 7) is 11.0. The molecule has 0 bridgehead atoms. The SMILES string of the molecule is [CH2-]CCCn1cc(CNC(=O)C[C@@H]2N=C(c3ccc(Cl)cc3)c3c(sc(C)c3C)-n3c(C)nnc32)nn1. The summed E-state index contributed by atoms with van der Waals surface area (Å²) < 4.78 is 3.81. The summed E-state index contributed by atoms with van der Waals surface area (Å²) in [5, 5.41) is 21.7. The van der Waals surface area contributed by atoms with E-state index in [1.165, 1.54) is 4.88 Å². The zero-order valence-corrected chi connectivity index (χ0v) is 22.6. The van der Waals surface area contributed by atoms with Gasteiger partial charge in [0.15, 0.2) is 5.82 Å². The minimum atomic E-state index is -0.515. The number of halogens is 1. The summed E-state index contributed by atoms with van der Waals surface area (Å²) in [6.07, 6.45) is 3.73. The molecule has 192 valence electrons. The van der Waals surface area contributed by atoms with Crippen LogP contribution in [-0.2, 0) is 17.9 Å². The monoisotopic (exact) mass is 535 g/mol. The van der Waals surface area contributed by atoms with Crippen LogP contribution in [0.25, 0.3) is 5.00 Å². The number of unbranched alkanes of at least 4 members (excludes halogenated alkanes) is 1. The first kappa shape index (κ1) is 25.3. The fourth-order valence-electron chi connectivity index (χ4n) is 4.37. The standard InChI is InChI=1S/C26H28ClN8OS/c1-5-6-11-34-14-20(31-33-34)13-28-22(36)12-21-25-32-30-17(4)35(25)26-23(15(2)16(3)37-26)24(29-21)18-7-9-19(27)10-8-18/h7-10,14,21H,1,5-6,11-13H2,2-4H3,(H,28,36)/q-1/t21-/m0/s1. The second-order valence-corrected chi connectivity index (χ2v) is 10.7. The van der Waals surface area contributed by atoms with Gasteiger partial charge in [0.25, 0.3) is 0 Å². The highest BCUT2D eigenvalue weighted by Crippen LogP contribution is 2.39. The molecule has 1 aliphatic rings. The number of rotatable bonds is 8. The number of benzene rings is 1. The smallest absolute Gasteiger partial charge is 0.222 e. The normalized spacial score (nSPS) is 14.6. The highest BCUT2D eigenvalue weighted by Gasteiger charge is 2.32. The number of fused-ring (bicyclic) bond motifs is 3. The summed E-state index contributed by atoms with van der Waals surface area (Å²) >= 11 is 7.86. The maximum atomic E-state index is 13.1. The molecule has 4 heterocycles. The summed E-state index contributed by atoms with van der Waals surface area (Å²) in [5.41, 5.74) is 4.66. The lowest BCUT2D eigenvalue weighted by Gasteiger charge is -2.13. The van der Waals surface area contributed by atoms with Crippen LogP contribution in [0.5, 0.6) is 0 Å². The molecular weight excluding hydrogens is 508 g/mol. The summed E-state index contributed by atoms with van der Waals surface area (Å²) in [6, 6.07) is 7.13. The number of nitrogens with zero attached hydrogens (tertiary/aromatic N) is 7. The Morgan fingerprint density at radius 1 is 1.16 bits per heavy atom. The highest BCUT2D eigenvalue weighted by molar-refractivity contribution is 7.15. The van der Waals surface area contributed by atoms with Gasteiger partial charge in [0.2, 0.25) is 5.91 Å². The number of carbonyl (C=O) groups is 1. The Morgan fingerprint density at radius 2 is 1.95 bits per heavy atom. The number of carbonyl (C=O) groups excluding carboxylic acids is 1. The van der Waals surface area contributed by atoms with Crippen LogP contribution in [0.15, 0.2) is 35.5 Å². The molecule has 0 fully saturated rings. The molecule has 0 spiro atoms. The van der Waals surface area contributed by atoms with E-state index in [0.717, 1.165) is 52.6 Å². The third kappa shape index (κ3) is 5.08. The van der Waals surface area contributed by atoms with Crippen molar-refractivity contribution in [3.63, 3.8) is 0 Å². The molecule has 1 aliphatic heterocycles. The molecule has 1 atom stereocenters. The van der Waals surface area contributed by atoms with Gasteiger partial charge in [-0.1, -0.05) is 35.4 Å². The second kappa shape index (κ2) is 10.5. The van der Waals surface area contributed by atoms with Gasteiger partial charge >= 0.3 is 0 Å². The van der Waals surface area contributed by atoms with Crippen LogP contribution in [-0.4, -0.2) is 41.4 Å². The Balaban J connectivity index is 1.46. The predicted octanol–water partition coefficient (Wildman–Crippen LogP) is 4.71. The van der Waals surface area contributed by atoms with Crippen molar-refractivity contribution in [1.29, 1.82) is 0 Å². The van der Waals surface area contributed by atoms with Gasteiger partial charge in [-0.3, -0.25) is 19.0 Å². The second-order valence-electron chi connectivity index (χ2n) is 9.07. The van der Waals surface area contributed by atoms with Crippen molar-refractivity contribution < 1.29 is 4.79 Å². The molecule has 11 heteroatoms. The van der Waals surface area contributed by atoms with E-state index in [2.05, 4.69) is 46.6 Å². The van der Waals surface area contributed by atoms with Crippen molar-refractivity contribution in [3.05, 3.63) is 81.3 Å². The number of hydrogen-bond donors (Lipinski definition) is 1. The zero-order chi connectivity index (χ0) is 26.1. The average molecular weight is 536 g/mol. The van der Waals surface area contributed by atoms with Gasteiger partial charge in [0, 0.05) is 27.6 Å². The van der Waals surface area contributed by atoms with Crippen LogP contribution < -0.4 is 5.32 Å². The van der Waals surface area contributed by atoms with E-state index >= 15 is 0 Å². The molecule has 1 amide bonds. The van der Waals surface area contributed by atoms with Gasteiger partial charge in [-0.25, -0.2) is 0 Å². The molecule has 0 saturated heterocycles. The van der Waals surface area contributed by atoms with E-state index in [1.807, 2.05) is 42.0 Å². The van der Waals surface area contributed by atoms with E-state index in [4.69, 9.17) is 16.6 Å². The number of aryl methyl sites for hydroxylation is 3. The quantitative estimate of drug-likeness (QED) is 0.329. The zero-order valence-electron chi connectivity index (χ0n) is 21.0. The Bertz CT molecular complexity index is 1470. The summed E-state index contributed by atoms with van der Waals surface area (Å²) in [7, 11) is 0. The average Bonchev–Trinajstić information content (AvgIpc) is 3.55. The lowest BCUT2D eigenvalue weighted by Crippen LogP contribution is -2.25. The number of aliphatic imine (C=N–C) groups is 1. The first-order chi connectivity index (χ1) is 17.9. The van der Waals surface area contributed by atoms with E-state index in [-0.39, 0.29) is 12.3 Å². The van der Waals surface area contributed by atoms with Crippen LogP contribution >= 0.6 is 22.9 Å². The van der Waals surface area contributed by atoms with Crippen molar-refractivity contribution in [1.82, 2.24) is 35.1 Å². The van der Waals surface area contributed by atoms with Crippen molar-refractivity contribution in [3.8, 4) is 5.00 Å². The van der Waals surface area contributed by atoms with Crippen LogP contribution in [0.1, 0.15) is 64.2 Å². The fourth-order valence-corrected chi connectivity index (χ4v) is 5.71. The number of thiophene rings is 1. The van der Waals surface area contributed by atoms with Gasteiger partial charge in [-0.15, -0.1) is 26.6 Å². The van der Waals surface area contributed by atoms with Crippen LogP contribution in [0, 0.1) is 27.7 Å². The van der Waals surface area contributed by atoms with Crippen molar-refractivity contribution >= 4 is 34.6 Å². The lowest BCUT2D eigenvalue weighted by molar-refractivity contribution is -0.121. The number of hydrogen-bond acceptors (Lipinski definition) is 7. The Labute approximate surface area is 224 Å². The molecule has 5 rings (SSSR count).